The van der Waals surface area contributed by atoms with Crippen LogP contribution in [0.4, 0.5) is 0 Å². The first kappa shape index (κ1) is 22.7. The molecule has 0 aliphatic rings. The van der Waals surface area contributed by atoms with Crippen molar-refractivity contribution in [1.29, 1.82) is 0 Å². The molecule has 0 amide bonds. The summed E-state index contributed by atoms with van der Waals surface area (Å²) in [6.07, 6.45) is 9.67. The van der Waals surface area contributed by atoms with Crippen LogP contribution in [0.2, 0.25) is 0 Å². The molecular weight excluding hydrogens is 494 g/mol. The molecule has 5 heterocycles. The first-order valence-corrected chi connectivity index (χ1v) is 12.6. The number of fused-ring (bicyclic) bond motifs is 2. The Balaban J connectivity index is 1.47. The van der Waals surface area contributed by atoms with E-state index in [1.165, 1.54) is 16.8 Å². The normalized spacial score (nSPS) is 11.9. The highest BCUT2D eigenvalue weighted by Crippen LogP contribution is 2.33. The molecule has 1 aromatic carbocycles. The van der Waals surface area contributed by atoms with Crippen molar-refractivity contribution in [3.63, 3.8) is 0 Å². The Labute approximate surface area is 211 Å². The van der Waals surface area contributed by atoms with Crippen LogP contribution in [-0.2, 0) is 17.1 Å². The second kappa shape index (κ2) is 8.45. The molecule has 11 nitrogen and oxygen atoms in total. The van der Waals surface area contributed by atoms with Crippen LogP contribution in [0.25, 0.3) is 38.9 Å². The van der Waals surface area contributed by atoms with Gasteiger partial charge < -0.3 is 9.47 Å². The molecular formula is C25H21N7O4S. The van der Waals surface area contributed by atoms with Gasteiger partial charge >= 0.3 is 10.0 Å². The highest BCUT2D eigenvalue weighted by Gasteiger charge is 2.25. The molecule has 0 fully saturated rings. The van der Waals surface area contributed by atoms with Crippen molar-refractivity contribution in [1.82, 2.24) is 33.3 Å². The molecule has 0 radical (unpaired) electrons. The molecule has 186 valence electrons. The van der Waals surface area contributed by atoms with E-state index in [1.54, 1.807) is 55.7 Å². The van der Waals surface area contributed by atoms with Gasteiger partial charge in [-0.1, -0.05) is 6.07 Å². The van der Waals surface area contributed by atoms with Crippen molar-refractivity contribution >= 4 is 26.7 Å². The molecule has 6 aromatic rings. The van der Waals surface area contributed by atoms with Crippen LogP contribution >= 0.6 is 0 Å². The summed E-state index contributed by atoms with van der Waals surface area (Å²) in [5, 5.41) is 8.32. The SMILES string of the molecule is COc1ccc(-c2ccc3ncc(S(=O)(=O)n4ncc5ncc(-c6cnn(C)c6)cc54)n3c2)cc1OC. The Morgan fingerprint density at radius 3 is 2.32 bits per heavy atom. The summed E-state index contributed by atoms with van der Waals surface area (Å²) >= 11 is 0. The summed E-state index contributed by atoms with van der Waals surface area (Å²) in [7, 11) is 0.823. The Kier molecular flexibility index (Phi) is 5.19. The van der Waals surface area contributed by atoms with Crippen molar-refractivity contribution in [2.75, 3.05) is 14.2 Å². The minimum Gasteiger partial charge on any atom is -0.493 e. The van der Waals surface area contributed by atoms with Gasteiger partial charge in [0, 0.05) is 36.8 Å². The highest BCUT2D eigenvalue weighted by atomic mass is 32.2. The van der Waals surface area contributed by atoms with Gasteiger partial charge in [0.25, 0.3) is 0 Å². The number of pyridine rings is 2. The van der Waals surface area contributed by atoms with Crippen molar-refractivity contribution in [3.8, 4) is 33.8 Å². The van der Waals surface area contributed by atoms with Gasteiger partial charge in [0.1, 0.15) is 16.7 Å². The van der Waals surface area contributed by atoms with Gasteiger partial charge in [0.2, 0.25) is 0 Å². The number of imidazole rings is 1. The van der Waals surface area contributed by atoms with Gasteiger partial charge in [-0.15, -0.1) is 0 Å². The van der Waals surface area contributed by atoms with Crippen LogP contribution in [-0.4, -0.2) is 56.0 Å². The Bertz CT molecular complexity index is 1900. The third-order valence-corrected chi connectivity index (χ3v) is 7.68. The lowest BCUT2D eigenvalue weighted by atomic mass is 10.1. The molecule has 0 saturated heterocycles. The molecule has 12 heteroatoms. The Morgan fingerprint density at radius 1 is 0.757 bits per heavy atom. The van der Waals surface area contributed by atoms with Crippen LogP contribution in [0.5, 0.6) is 11.5 Å². The Hall–Kier alpha value is -4.71. The second-order valence-electron chi connectivity index (χ2n) is 8.34. The van der Waals surface area contributed by atoms with Gasteiger partial charge in [-0.05, 0) is 41.5 Å². The van der Waals surface area contributed by atoms with E-state index in [-0.39, 0.29) is 5.03 Å². The summed E-state index contributed by atoms with van der Waals surface area (Å²) in [6.45, 7) is 0. The van der Waals surface area contributed by atoms with Crippen molar-refractivity contribution in [2.45, 2.75) is 5.03 Å². The van der Waals surface area contributed by atoms with Crippen molar-refractivity contribution in [3.05, 3.63) is 73.6 Å². The fourth-order valence-corrected chi connectivity index (χ4v) is 5.56. The van der Waals surface area contributed by atoms with Crippen LogP contribution in [0.15, 0.2) is 78.6 Å². The van der Waals surface area contributed by atoms with E-state index in [4.69, 9.17) is 9.47 Å². The van der Waals surface area contributed by atoms with Crippen LogP contribution in [0, 0.1) is 0 Å². The average molecular weight is 516 g/mol. The minimum absolute atomic E-state index is 0.0263. The number of methoxy groups -OCH3 is 2. The van der Waals surface area contributed by atoms with E-state index >= 15 is 0 Å². The summed E-state index contributed by atoms with van der Waals surface area (Å²) in [5.74, 6) is 1.17. The van der Waals surface area contributed by atoms with Crippen LogP contribution in [0.1, 0.15) is 0 Å². The molecule has 0 unspecified atom stereocenters. The van der Waals surface area contributed by atoms with Crippen molar-refractivity contribution < 1.29 is 17.9 Å². The lowest BCUT2D eigenvalue weighted by molar-refractivity contribution is 0.355. The number of benzene rings is 1. The van der Waals surface area contributed by atoms with Gasteiger partial charge in [-0.2, -0.15) is 22.7 Å². The van der Waals surface area contributed by atoms with E-state index in [0.717, 1.165) is 26.3 Å². The Morgan fingerprint density at radius 2 is 1.57 bits per heavy atom. The smallest absolute Gasteiger partial charge is 0.301 e. The molecule has 37 heavy (non-hydrogen) atoms. The van der Waals surface area contributed by atoms with E-state index < -0.39 is 10.0 Å². The molecule has 0 aliphatic heterocycles. The molecule has 0 aliphatic carbocycles. The third kappa shape index (κ3) is 3.69. The lowest BCUT2D eigenvalue weighted by Crippen LogP contribution is -2.16. The van der Waals surface area contributed by atoms with Crippen molar-refractivity contribution in [2.24, 2.45) is 7.05 Å². The van der Waals surface area contributed by atoms with E-state index in [0.29, 0.717) is 28.2 Å². The van der Waals surface area contributed by atoms with E-state index in [9.17, 15) is 8.42 Å². The van der Waals surface area contributed by atoms with E-state index in [2.05, 4.69) is 20.2 Å². The van der Waals surface area contributed by atoms with E-state index in [1.807, 2.05) is 31.4 Å². The summed E-state index contributed by atoms with van der Waals surface area (Å²) in [5.41, 5.74) is 4.43. The predicted molar refractivity (Wildman–Crippen MR) is 136 cm³/mol. The number of hydrogen-bond acceptors (Lipinski definition) is 8. The van der Waals surface area contributed by atoms with Gasteiger partial charge in [0.15, 0.2) is 16.5 Å². The number of hydrogen-bond donors (Lipinski definition) is 0. The molecule has 6 rings (SSSR count). The third-order valence-electron chi connectivity index (χ3n) is 6.11. The summed E-state index contributed by atoms with van der Waals surface area (Å²) in [6, 6.07) is 10.9. The second-order valence-corrected chi connectivity index (χ2v) is 10.1. The lowest BCUT2D eigenvalue weighted by Gasteiger charge is -2.11. The molecule has 0 N–H and O–H groups in total. The van der Waals surface area contributed by atoms with Gasteiger partial charge in [-0.3, -0.25) is 14.1 Å². The number of ether oxygens (including phenoxy) is 2. The summed E-state index contributed by atoms with van der Waals surface area (Å²) in [4.78, 5) is 8.71. The molecule has 0 saturated carbocycles. The molecule has 0 bridgehead atoms. The monoisotopic (exact) mass is 515 g/mol. The zero-order valence-corrected chi connectivity index (χ0v) is 20.9. The topological polar surface area (TPSA) is 118 Å². The first-order valence-electron chi connectivity index (χ1n) is 11.2. The van der Waals surface area contributed by atoms with Crippen LogP contribution in [0.3, 0.4) is 0 Å². The van der Waals surface area contributed by atoms with Gasteiger partial charge in [-0.25, -0.2) is 4.98 Å². The maximum Gasteiger partial charge on any atom is 0.301 e. The maximum absolute atomic E-state index is 13.8. The number of rotatable bonds is 6. The largest absolute Gasteiger partial charge is 0.493 e. The maximum atomic E-state index is 13.8. The number of nitrogens with zero attached hydrogens (tertiary/aromatic N) is 7. The minimum atomic E-state index is -4.12. The fourth-order valence-electron chi connectivity index (χ4n) is 4.23. The molecule has 0 atom stereocenters. The number of aromatic nitrogens is 7. The standard InChI is InChI=1S/C25H21N7O4S/c1-30-14-19(11-28-30)18-8-21-20(26-10-18)12-29-32(21)37(33,34)25-13-27-24-7-5-17(15-31(24)25)16-4-6-22(35-2)23(9-16)36-3/h4-15H,1-3H3. The zero-order chi connectivity index (χ0) is 25.7. The van der Waals surface area contributed by atoms with Gasteiger partial charge in [0.05, 0.1) is 32.8 Å². The predicted octanol–water partition coefficient (Wildman–Crippen LogP) is 3.40. The fraction of sp³-hybridized carbons (Fsp3) is 0.120. The highest BCUT2D eigenvalue weighted by molar-refractivity contribution is 7.90. The molecule has 5 aromatic heterocycles. The average Bonchev–Trinajstić information content (AvgIpc) is 3.65. The number of aryl methyl sites for hydroxylation is 1. The zero-order valence-electron chi connectivity index (χ0n) is 20.1. The molecule has 0 spiro atoms. The first-order chi connectivity index (χ1) is 17.9. The summed E-state index contributed by atoms with van der Waals surface area (Å²) < 4.78 is 42.6. The van der Waals surface area contributed by atoms with Crippen LogP contribution < -0.4 is 9.47 Å². The quantitative estimate of drug-likeness (QED) is 0.331.